The minimum atomic E-state index is -4.82. The Morgan fingerprint density at radius 1 is 1.00 bits per heavy atom. The first kappa shape index (κ1) is 16.5. The van der Waals surface area contributed by atoms with Crippen LogP contribution in [0.3, 0.4) is 0 Å². The van der Waals surface area contributed by atoms with Crippen molar-refractivity contribution in [2.75, 3.05) is 0 Å². The zero-order valence-corrected chi connectivity index (χ0v) is 11.6. The maximum atomic E-state index is 13.9. The first-order valence-electron chi connectivity index (χ1n) is 5.93. The summed E-state index contributed by atoms with van der Waals surface area (Å²) in [6.45, 7) is 0. The lowest BCUT2D eigenvalue weighted by atomic mass is 9.98. The second-order valence-electron chi connectivity index (χ2n) is 4.35. The quantitative estimate of drug-likeness (QED) is 0.658. The average Bonchev–Trinajstić information content (AvgIpc) is 2.42. The van der Waals surface area contributed by atoms with Crippen LogP contribution in [0, 0.1) is 11.6 Å². The fraction of sp³-hybridized carbons (Fsp3) is 0.143. The summed E-state index contributed by atoms with van der Waals surface area (Å²) in [5.74, 6) is -2.37. The monoisotopic (exact) mass is 337 g/mol. The van der Waals surface area contributed by atoms with Gasteiger partial charge in [-0.05, 0) is 29.8 Å². The molecule has 8 heteroatoms. The van der Waals surface area contributed by atoms with Crippen LogP contribution in [0.4, 0.5) is 22.0 Å². The molecule has 0 aliphatic carbocycles. The minimum absolute atomic E-state index is 0.203. The highest BCUT2D eigenvalue weighted by atomic mass is 35.5. The van der Waals surface area contributed by atoms with Crippen LogP contribution in [0.2, 0.25) is 5.02 Å². The standard InChI is InChI=1S/C14H9ClF5NO/c15-9-5-6-10(16)11(12(9)17)13(21)7-1-3-8(4-2-7)22-14(18,19)20/h1-6,13H,21H2/t13-/m1/s1. The van der Waals surface area contributed by atoms with Crippen molar-refractivity contribution in [3.05, 3.63) is 64.2 Å². The maximum absolute atomic E-state index is 13.9. The van der Waals surface area contributed by atoms with Gasteiger partial charge in [0, 0.05) is 5.56 Å². The molecule has 2 rings (SSSR count). The van der Waals surface area contributed by atoms with Crippen LogP contribution in [0.15, 0.2) is 36.4 Å². The summed E-state index contributed by atoms with van der Waals surface area (Å²) in [5.41, 5.74) is 5.50. The Bertz CT molecular complexity index is 672. The van der Waals surface area contributed by atoms with Gasteiger partial charge in [-0.25, -0.2) is 8.78 Å². The number of benzene rings is 2. The van der Waals surface area contributed by atoms with Gasteiger partial charge in [-0.2, -0.15) is 0 Å². The largest absolute Gasteiger partial charge is 0.573 e. The Morgan fingerprint density at radius 2 is 1.59 bits per heavy atom. The lowest BCUT2D eigenvalue weighted by molar-refractivity contribution is -0.274. The Kier molecular flexibility index (Phi) is 4.58. The van der Waals surface area contributed by atoms with Gasteiger partial charge in [0.05, 0.1) is 11.1 Å². The molecule has 22 heavy (non-hydrogen) atoms. The van der Waals surface area contributed by atoms with Gasteiger partial charge in [-0.15, -0.1) is 13.2 Å². The number of rotatable bonds is 3. The lowest BCUT2D eigenvalue weighted by Crippen LogP contribution is -2.18. The summed E-state index contributed by atoms with van der Waals surface area (Å²) in [6.07, 6.45) is -4.82. The van der Waals surface area contributed by atoms with Crippen LogP contribution in [0.1, 0.15) is 17.2 Å². The van der Waals surface area contributed by atoms with Crippen molar-refractivity contribution in [2.45, 2.75) is 12.4 Å². The van der Waals surface area contributed by atoms with E-state index in [0.717, 1.165) is 24.3 Å². The van der Waals surface area contributed by atoms with Crippen molar-refractivity contribution >= 4 is 11.6 Å². The second kappa shape index (κ2) is 6.10. The third kappa shape index (κ3) is 3.66. The summed E-state index contributed by atoms with van der Waals surface area (Å²) in [6, 6.07) is 5.16. The molecule has 2 nitrogen and oxygen atoms in total. The van der Waals surface area contributed by atoms with E-state index in [4.69, 9.17) is 17.3 Å². The summed E-state index contributed by atoms with van der Waals surface area (Å²) in [4.78, 5) is 0. The highest BCUT2D eigenvalue weighted by Crippen LogP contribution is 2.30. The van der Waals surface area contributed by atoms with E-state index in [9.17, 15) is 22.0 Å². The van der Waals surface area contributed by atoms with E-state index < -0.39 is 35.4 Å². The van der Waals surface area contributed by atoms with Crippen LogP contribution in [-0.4, -0.2) is 6.36 Å². The molecule has 0 radical (unpaired) electrons. The molecule has 2 N–H and O–H groups in total. The minimum Gasteiger partial charge on any atom is -0.406 e. The summed E-state index contributed by atoms with van der Waals surface area (Å²) in [7, 11) is 0. The first-order valence-corrected chi connectivity index (χ1v) is 6.31. The number of halogens is 6. The third-order valence-corrected chi connectivity index (χ3v) is 3.16. The molecule has 118 valence electrons. The van der Waals surface area contributed by atoms with Crippen LogP contribution in [0.25, 0.3) is 0 Å². The number of nitrogens with two attached hydrogens (primary N) is 1. The van der Waals surface area contributed by atoms with Gasteiger partial charge in [-0.1, -0.05) is 23.7 Å². The highest BCUT2D eigenvalue weighted by Gasteiger charge is 2.31. The van der Waals surface area contributed by atoms with Crippen LogP contribution < -0.4 is 10.5 Å². The first-order chi connectivity index (χ1) is 10.2. The predicted molar refractivity (Wildman–Crippen MR) is 70.5 cm³/mol. The molecule has 0 unspecified atom stereocenters. The zero-order valence-electron chi connectivity index (χ0n) is 10.8. The smallest absolute Gasteiger partial charge is 0.406 e. The second-order valence-corrected chi connectivity index (χ2v) is 4.76. The Balaban J connectivity index is 2.31. The molecule has 1 atom stereocenters. The molecule has 2 aromatic carbocycles. The average molecular weight is 338 g/mol. The molecule has 0 spiro atoms. The summed E-state index contributed by atoms with van der Waals surface area (Å²) >= 11 is 5.57. The van der Waals surface area contributed by atoms with E-state index in [-0.39, 0.29) is 10.6 Å². The lowest BCUT2D eigenvalue weighted by Gasteiger charge is -2.16. The molecular weight excluding hydrogens is 329 g/mol. The van der Waals surface area contributed by atoms with Crippen LogP contribution in [-0.2, 0) is 0 Å². The van der Waals surface area contributed by atoms with E-state index in [2.05, 4.69) is 4.74 Å². The fourth-order valence-corrected chi connectivity index (χ4v) is 2.04. The highest BCUT2D eigenvalue weighted by molar-refractivity contribution is 6.30. The topological polar surface area (TPSA) is 35.2 Å². The molecule has 0 saturated heterocycles. The number of ether oxygens (including phenoxy) is 1. The van der Waals surface area contributed by atoms with Gasteiger partial charge in [0.2, 0.25) is 0 Å². The van der Waals surface area contributed by atoms with E-state index in [1.807, 2.05) is 0 Å². The van der Waals surface area contributed by atoms with E-state index >= 15 is 0 Å². The molecule has 2 aromatic rings. The van der Waals surface area contributed by atoms with E-state index in [0.29, 0.717) is 0 Å². The molecule has 0 saturated carbocycles. The molecule has 0 aromatic heterocycles. The van der Waals surface area contributed by atoms with Crippen molar-refractivity contribution in [1.29, 1.82) is 0 Å². The molecule has 0 aliphatic heterocycles. The van der Waals surface area contributed by atoms with Crippen LogP contribution in [0.5, 0.6) is 5.75 Å². The van der Waals surface area contributed by atoms with Crippen molar-refractivity contribution < 1.29 is 26.7 Å². The van der Waals surface area contributed by atoms with Crippen molar-refractivity contribution in [3.63, 3.8) is 0 Å². The van der Waals surface area contributed by atoms with Gasteiger partial charge in [0.25, 0.3) is 0 Å². The fourth-order valence-electron chi connectivity index (χ4n) is 1.87. The molecular formula is C14H9ClF5NO. The summed E-state index contributed by atoms with van der Waals surface area (Å²) in [5, 5.41) is -0.302. The SMILES string of the molecule is N[C@H](c1ccc(OC(F)(F)F)cc1)c1c(F)ccc(Cl)c1F. The Hall–Kier alpha value is -1.86. The Labute approximate surface area is 127 Å². The van der Waals surface area contributed by atoms with Gasteiger partial charge in [0.1, 0.15) is 17.4 Å². The molecule has 0 bridgehead atoms. The summed E-state index contributed by atoms with van der Waals surface area (Å²) < 4.78 is 67.5. The Morgan fingerprint density at radius 3 is 2.14 bits per heavy atom. The van der Waals surface area contributed by atoms with Crippen molar-refractivity contribution in [3.8, 4) is 5.75 Å². The zero-order chi connectivity index (χ0) is 16.5. The van der Waals surface area contributed by atoms with Gasteiger partial charge < -0.3 is 10.5 Å². The number of hydrogen-bond donors (Lipinski definition) is 1. The maximum Gasteiger partial charge on any atom is 0.573 e. The van der Waals surface area contributed by atoms with Gasteiger partial charge in [-0.3, -0.25) is 0 Å². The van der Waals surface area contributed by atoms with Gasteiger partial charge >= 0.3 is 6.36 Å². The molecule has 0 aliphatic rings. The number of hydrogen-bond acceptors (Lipinski definition) is 2. The third-order valence-electron chi connectivity index (χ3n) is 2.86. The predicted octanol–water partition coefficient (Wildman–Crippen LogP) is 4.56. The molecule has 0 heterocycles. The normalized spacial score (nSPS) is 13.0. The van der Waals surface area contributed by atoms with Crippen molar-refractivity contribution in [2.24, 2.45) is 5.73 Å². The molecule has 0 fully saturated rings. The van der Waals surface area contributed by atoms with Gasteiger partial charge in [0.15, 0.2) is 0 Å². The van der Waals surface area contributed by atoms with Crippen LogP contribution >= 0.6 is 11.6 Å². The molecule has 0 amide bonds. The van der Waals surface area contributed by atoms with E-state index in [1.54, 1.807) is 0 Å². The van der Waals surface area contributed by atoms with E-state index in [1.165, 1.54) is 12.1 Å². The number of alkyl halides is 3. The van der Waals surface area contributed by atoms with Crippen molar-refractivity contribution in [1.82, 2.24) is 0 Å².